The van der Waals surface area contributed by atoms with Crippen molar-refractivity contribution >= 4 is 11.7 Å². The second-order valence-electron chi connectivity index (χ2n) is 9.08. The largest absolute Gasteiger partial charge is 0.360 e. The first kappa shape index (κ1) is 22.8. The molecule has 174 valence electrons. The number of amidine groups is 1. The minimum atomic E-state index is -1.43. The molecule has 1 fully saturated rings. The lowest BCUT2D eigenvalue weighted by atomic mass is 9.93. The summed E-state index contributed by atoms with van der Waals surface area (Å²) in [5.74, 6) is -0.953. The average molecular weight is 448 g/mol. The fourth-order valence-electron chi connectivity index (χ4n) is 5.09. The predicted molar refractivity (Wildman–Crippen MR) is 119 cm³/mol. The van der Waals surface area contributed by atoms with Crippen molar-refractivity contribution in [2.45, 2.75) is 52.5 Å². The third-order valence-corrected chi connectivity index (χ3v) is 6.77. The number of aromatic nitrogens is 2. The highest BCUT2D eigenvalue weighted by atomic mass is 19.2. The number of benzene rings is 1. The van der Waals surface area contributed by atoms with Crippen LogP contribution < -0.4 is 5.32 Å². The second kappa shape index (κ2) is 9.65. The smallest absolute Gasteiger partial charge is 0.194 e. The molecule has 5 nitrogen and oxygen atoms in total. The van der Waals surface area contributed by atoms with Gasteiger partial charge in [0.15, 0.2) is 23.3 Å². The lowest BCUT2D eigenvalue weighted by Crippen LogP contribution is -2.44. The van der Waals surface area contributed by atoms with E-state index in [4.69, 9.17) is 4.99 Å². The molecule has 1 aromatic heterocycles. The zero-order valence-electron chi connectivity index (χ0n) is 19.1. The molecular weight excluding hydrogens is 415 g/mol. The lowest BCUT2D eigenvalue weighted by Gasteiger charge is -2.34. The van der Waals surface area contributed by atoms with Crippen LogP contribution in [0.5, 0.6) is 0 Å². The maximum absolute atomic E-state index is 13.6. The Morgan fingerprint density at radius 2 is 1.84 bits per heavy atom. The molecule has 0 spiro atoms. The summed E-state index contributed by atoms with van der Waals surface area (Å²) in [6, 6.07) is 2.09. The summed E-state index contributed by atoms with van der Waals surface area (Å²) >= 11 is 0. The van der Waals surface area contributed by atoms with Gasteiger partial charge in [0.25, 0.3) is 0 Å². The number of rotatable bonds is 7. The summed E-state index contributed by atoms with van der Waals surface area (Å²) in [5, 5.41) is 7.87. The van der Waals surface area contributed by atoms with E-state index < -0.39 is 17.5 Å². The molecular formula is C24H32F3N5. The summed E-state index contributed by atoms with van der Waals surface area (Å²) in [6.07, 6.45) is 5.95. The molecule has 32 heavy (non-hydrogen) atoms. The number of hydrogen-bond acceptors (Lipinski definition) is 4. The summed E-state index contributed by atoms with van der Waals surface area (Å²) < 4.78 is 42.2. The summed E-state index contributed by atoms with van der Waals surface area (Å²) in [5.41, 5.74) is 2.52. The maximum atomic E-state index is 13.6. The van der Waals surface area contributed by atoms with Crippen molar-refractivity contribution in [1.82, 2.24) is 20.0 Å². The van der Waals surface area contributed by atoms with Crippen molar-refractivity contribution in [2.24, 2.45) is 23.9 Å². The van der Waals surface area contributed by atoms with E-state index in [0.29, 0.717) is 18.0 Å². The van der Waals surface area contributed by atoms with Gasteiger partial charge in [-0.25, -0.2) is 18.2 Å². The first-order chi connectivity index (χ1) is 15.4. The summed E-state index contributed by atoms with van der Waals surface area (Å²) in [6.45, 7) is 6.92. The van der Waals surface area contributed by atoms with Crippen LogP contribution >= 0.6 is 0 Å². The van der Waals surface area contributed by atoms with Gasteiger partial charge in [0.2, 0.25) is 0 Å². The zero-order chi connectivity index (χ0) is 22.8. The molecule has 8 heteroatoms. The monoisotopic (exact) mass is 447 g/mol. The minimum Gasteiger partial charge on any atom is -0.360 e. The molecule has 0 radical (unpaired) electrons. The Morgan fingerprint density at radius 1 is 1.16 bits per heavy atom. The Hall–Kier alpha value is -2.35. The van der Waals surface area contributed by atoms with Gasteiger partial charge in [-0.2, -0.15) is 5.10 Å². The van der Waals surface area contributed by atoms with Gasteiger partial charge in [0.05, 0.1) is 5.69 Å². The standard InChI is InChI=1S/C24H32F3N5/c1-4-32(14-16-7-5-6-8-16)23-18(11-19-15(2)30-31(3)24(19)29-23)13-28-12-17-9-20(25)22(27)21(26)10-17/h9-10,16,18,28H,4-8,11-14H2,1-3H3. The molecule has 2 aromatic rings. The van der Waals surface area contributed by atoms with Gasteiger partial charge in [-0.15, -0.1) is 0 Å². The normalized spacial score (nSPS) is 18.7. The number of hydrogen-bond donors (Lipinski definition) is 1. The van der Waals surface area contributed by atoms with Crippen molar-refractivity contribution in [3.8, 4) is 0 Å². The first-order valence-electron chi connectivity index (χ1n) is 11.6. The first-order valence-corrected chi connectivity index (χ1v) is 11.6. The number of aryl methyl sites for hydroxylation is 2. The van der Waals surface area contributed by atoms with Gasteiger partial charge < -0.3 is 10.2 Å². The van der Waals surface area contributed by atoms with Gasteiger partial charge >= 0.3 is 0 Å². The molecule has 1 aliphatic heterocycles. The number of aliphatic imine (C=N–C) groups is 1. The number of fused-ring (bicyclic) bond motifs is 1. The van der Waals surface area contributed by atoms with Gasteiger partial charge in [0, 0.05) is 44.7 Å². The van der Waals surface area contributed by atoms with Crippen molar-refractivity contribution in [3.63, 3.8) is 0 Å². The van der Waals surface area contributed by atoms with E-state index in [1.807, 2.05) is 18.7 Å². The van der Waals surface area contributed by atoms with Crippen molar-refractivity contribution in [3.05, 3.63) is 46.4 Å². The molecule has 0 amide bonds. The van der Waals surface area contributed by atoms with Crippen LogP contribution in [0.2, 0.25) is 0 Å². The molecule has 4 rings (SSSR count). The van der Waals surface area contributed by atoms with E-state index in [1.54, 1.807) is 0 Å². The number of nitrogens with zero attached hydrogens (tertiary/aromatic N) is 4. The molecule has 2 heterocycles. The highest BCUT2D eigenvalue weighted by Gasteiger charge is 2.31. The second-order valence-corrected chi connectivity index (χ2v) is 9.08. The Bertz CT molecular complexity index is 971. The molecule has 1 atom stereocenters. The van der Waals surface area contributed by atoms with E-state index in [0.717, 1.165) is 54.6 Å². The fraction of sp³-hybridized carbons (Fsp3) is 0.583. The van der Waals surface area contributed by atoms with Crippen LogP contribution in [0.4, 0.5) is 19.0 Å². The molecule has 0 bridgehead atoms. The Morgan fingerprint density at radius 3 is 2.50 bits per heavy atom. The van der Waals surface area contributed by atoms with Crippen molar-refractivity contribution < 1.29 is 13.2 Å². The van der Waals surface area contributed by atoms with Crippen LogP contribution in [0.3, 0.4) is 0 Å². The lowest BCUT2D eigenvalue weighted by molar-refractivity contribution is 0.333. The van der Waals surface area contributed by atoms with Gasteiger partial charge in [0.1, 0.15) is 5.84 Å². The molecule has 1 unspecified atom stereocenters. The quantitative estimate of drug-likeness (QED) is 0.629. The molecule has 1 saturated carbocycles. The summed E-state index contributed by atoms with van der Waals surface area (Å²) in [4.78, 5) is 7.45. The van der Waals surface area contributed by atoms with E-state index in [-0.39, 0.29) is 12.5 Å². The Balaban J connectivity index is 1.52. The zero-order valence-corrected chi connectivity index (χ0v) is 19.1. The highest BCUT2D eigenvalue weighted by molar-refractivity contribution is 5.89. The maximum Gasteiger partial charge on any atom is 0.194 e. The predicted octanol–water partition coefficient (Wildman–Crippen LogP) is 4.65. The molecule has 0 saturated heterocycles. The SMILES string of the molecule is CCN(CC1CCCC1)C1=Nc2c(c(C)nn2C)CC1CNCc1cc(F)c(F)c(F)c1. The van der Waals surface area contributed by atoms with Crippen LogP contribution in [0.1, 0.15) is 49.4 Å². The van der Waals surface area contributed by atoms with Gasteiger partial charge in [-0.1, -0.05) is 12.8 Å². The van der Waals surface area contributed by atoms with Crippen LogP contribution in [0, 0.1) is 36.2 Å². The molecule has 1 N–H and O–H groups in total. The Kier molecular flexibility index (Phi) is 6.88. The number of nitrogens with one attached hydrogen (secondary N) is 1. The average Bonchev–Trinajstić information content (AvgIpc) is 3.37. The van der Waals surface area contributed by atoms with Gasteiger partial charge in [-0.05, 0) is 56.7 Å². The van der Waals surface area contributed by atoms with E-state index in [9.17, 15) is 13.2 Å². The molecule has 1 aromatic carbocycles. The topological polar surface area (TPSA) is 45.5 Å². The Labute approximate surface area is 187 Å². The van der Waals surface area contributed by atoms with Crippen LogP contribution in [0.25, 0.3) is 0 Å². The van der Waals surface area contributed by atoms with Crippen LogP contribution in [-0.4, -0.2) is 40.2 Å². The molecule has 1 aliphatic carbocycles. The van der Waals surface area contributed by atoms with E-state index in [1.165, 1.54) is 25.7 Å². The minimum absolute atomic E-state index is 0.127. The number of halogens is 3. The summed E-state index contributed by atoms with van der Waals surface area (Å²) in [7, 11) is 1.93. The molecule has 2 aliphatic rings. The third kappa shape index (κ3) is 4.70. The fourth-order valence-corrected chi connectivity index (χ4v) is 5.09. The van der Waals surface area contributed by atoms with Crippen molar-refractivity contribution in [1.29, 1.82) is 0 Å². The van der Waals surface area contributed by atoms with Crippen LogP contribution in [0.15, 0.2) is 17.1 Å². The van der Waals surface area contributed by atoms with Gasteiger partial charge in [-0.3, -0.25) is 4.68 Å². The van der Waals surface area contributed by atoms with E-state index in [2.05, 4.69) is 22.2 Å². The van der Waals surface area contributed by atoms with Crippen LogP contribution in [-0.2, 0) is 20.0 Å². The third-order valence-electron chi connectivity index (χ3n) is 6.77. The van der Waals surface area contributed by atoms with E-state index >= 15 is 0 Å². The van der Waals surface area contributed by atoms with Crippen molar-refractivity contribution in [2.75, 3.05) is 19.6 Å². The highest BCUT2D eigenvalue weighted by Crippen LogP contribution is 2.33.